The molecule has 1 aromatic carbocycles. The zero-order valence-corrected chi connectivity index (χ0v) is 23.0. The molecule has 1 aliphatic heterocycles. The van der Waals surface area contributed by atoms with Crippen LogP contribution in [-0.2, 0) is 10.4 Å². The normalized spacial score (nSPS) is 21.3. The highest BCUT2D eigenvalue weighted by molar-refractivity contribution is 6.32. The lowest BCUT2D eigenvalue weighted by molar-refractivity contribution is -0.261. The average Bonchev–Trinajstić information content (AvgIpc) is 3.63. The van der Waals surface area contributed by atoms with Gasteiger partial charge in [-0.15, -0.1) is 0 Å². The molecule has 1 saturated carbocycles. The van der Waals surface area contributed by atoms with E-state index in [9.17, 15) is 27.9 Å². The van der Waals surface area contributed by atoms with E-state index < -0.39 is 23.2 Å². The number of carbonyl (C=O) groups is 2. The van der Waals surface area contributed by atoms with E-state index >= 15 is 0 Å². The van der Waals surface area contributed by atoms with Gasteiger partial charge in [0.1, 0.15) is 11.0 Å². The van der Waals surface area contributed by atoms with Crippen molar-refractivity contribution in [2.75, 3.05) is 45.7 Å². The van der Waals surface area contributed by atoms with Crippen molar-refractivity contribution < 1.29 is 27.9 Å². The Kier molecular flexibility index (Phi) is 8.47. The van der Waals surface area contributed by atoms with Crippen LogP contribution in [0.4, 0.5) is 19.0 Å². The zero-order valence-electron chi connectivity index (χ0n) is 22.3. The van der Waals surface area contributed by atoms with Crippen molar-refractivity contribution >= 4 is 29.2 Å². The molecule has 1 N–H and O–H groups in total. The van der Waals surface area contributed by atoms with E-state index in [0.29, 0.717) is 17.4 Å². The van der Waals surface area contributed by atoms with Crippen molar-refractivity contribution in [3.8, 4) is 0 Å². The maximum absolute atomic E-state index is 13.9. The molecular weight excluding hydrogens is 533 g/mol. The topological polar surface area (TPSA) is 77.0 Å². The number of nitrogens with zero attached hydrogens (tertiary/aromatic N) is 4. The predicted octanol–water partition coefficient (Wildman–Crippen LogP) is 4.59. The summed E-state index contributed by atoms with van der Waals surface area (Å²) in [4.78, 5) is 34.1. The molecule has 0 bridgehead atoms. The van der Waals surface area contributed by atoms with Crippen molar-refractivity contribution in [3.63, 3.8) is 0 Å². The molecule has 0 radical (unpaired) electrons. The second-order valence-corrected chi connectivity index (χ2v) is 11.2. The highest BCUT2D eigenvalue weighted by atomic mass is 35.5. The monoisotopic (exact) mass is 566 g/mol. The van der Waals surface area contributed by atoms with Crippen LogP contribution >= 0.6 is 11.6 Å². The Morgan fingerprint density at radius 2 is 1.69 bits per heavy atom. The van der Waals surface area contributed by atoms with Gasteiger partial charge >= 0.3 is 6.18 Å². The quantitative estimate of drug-likeness (QED) is 0.473. The highest BCUT2D eigenvalue weighted by Crippen LogP contribution is 2.46. The molecule has 7 nitrogen and oxygen atoms in total. The number of amides is 2. The summed E-state index contributed by atoms with van der Waals surface area (Å²) in [6.45, 7) is 1.76. The van der Waals surface area contributed by atoms with Gasteiger partial charge in [0, 0.05) is 46.3 Å². The van der Waals surface area contributed by atoms with Crippen molar-refractivity contribution in [2.45, 2.75) is 37.5 Å². The van der Waals surface area contributed by atoms with Crippen LogP contribution in [0.2, 0.25) is 5.15 Å². The van der Waals surface area contributed by atoms with Crippen molar-refractivity contribution in [2.24, 2.45) is 17.8 Å². The number of likely N-dealkylation sites (N-methyl/N-ethyl adjacent to an activating group) is 1. The average molecular weight is 567 g/mol. The van der Waals surface area contributed by atoms with Crippen molar-refractivity contribution in [1.82, 2.24) is 14.8 Å². The minimum atomic E-state index is -5.14. The summed E-state index contributed by atoms with van der Waals surface area (Å²) >= 11 is 6.27. The lowest BCUT2D eigenvalue weighted by Gasteiger charge is -2.34. The maximum Gasteiger partial charge on any atom is 0.430 e. The summed E-state index contributed by atoms with van der Waals surface area (Å²) in [7, 11) is 4.64. The second kappa shape index (κ2) is 11.3. The Hall–Kier alpha value is -2.85. The molecule has 0 spiro atoms. The first-order valence-electron chi connectivity index (χ1n) is 13.1. The molecule has 1 saturated heterocycles. The molecule has 1 aromatic heterocycles. The van der Waals surface area contributed by atoms with Crippen molar-refractivity contribution in [3.05, 3.63) is 58.7 Å². The van der Waals surface area contributed by atoms with Gasteiger partial charge in [0.25, 0.3) is 17.4 Å². The molecule has 2 amide bonds. The zero-order chi connectivity index (χ0) is 28.5. The molecule has 4 rings (SSSR count). The summed E-state index contributed by atoms with van der Waals surface area (Å²) in [6, 6.07) is 10.0. The first-order valence-corrected chi connectivity index (χ1v) is 13.4. The smallest absolute Gasteiger partial charge is 0.369 e. The molecule has 2 aliphatic rings. The third-order valence-electron chi connectivity index (χ3n) is 7.88. The lowest BCUT2D eigenvalue weighted by atomic mass is 9.90. The third-order valence-corrected chi connectivity index (χ3v) is 8.17. The summed E-state index contributed by atoms with van der Waals surface area (Å²) in [5.74, 6) is 0.105. The van der Waals surface area contributed by atoms with Crippen LogP contribution in [0, 0.1) is 17.8 Å². The van der Waals surface area contributed by atoms with E-state index in [2.05, 4.69) is 9.88 Å². The van der Waals surface area contributed by atoms with E-state index in [1.807, 2.05) is 6.07 Å². The Morgan fingerprint density at radius 1 is 1.05 bits per heavy atom. The number of halogens is 4. The summed E-state index contributed by atoms with van der Waals surface area (Å²) in [5, 5.41) is 10.7. The largest absolute Gasteiger partial charge is 0.430 e. The number of hydrogen-bond acceptors (Lipinski definition) is 5. The highest BCUT2D eigenvalue weighted by Gasteiger charge is 2.62. The molecule has 2 fully saturated rings. The molecule has 212 valence electrons. The SMILES string of the molecule is CN(C)C(=O)c1ccc(N2CCC(C[C@@H]3C[C@@H]3CN(C)C(=O)C(O)(c3ccccc3)C(F)(F)F)CC2)nc1Cl. The fourth-order valence-corrected chi connectivity index (χ4v) is 5.68. The van der Waals surface area contributed by atoms with Gasteiger partial charge in [-0.3, -0.25) is 9.59 Å². The Balaban J connectivity index is 1.28. The number of pyridine rings is 1. The van der Waals surface area contributed by atoms with Crippen LogP contribution < -0.4 is 4.90 Å². The number of aromatic nitrogens is 1. The standard InChI is InChI=1S/C28H34ClF3N4O3/c1-34(2)25(37)22-9-10-23(33-24(22)29)36-13-11-18(12-14-36)15-19-16-20(19)17-35(3)26(38)27(39,28(30,31)32)21-7-5-4-6-8-21/h4-10,18-20,39H,11-17H2,1-3H3/t19-,20-,27?/m1/s1. The molecule has 3 atom stereocenters. The Bertz CT molecular complexity index is 1190. The fourth-order valence-electron chi connectivity index (χ4n) is 5.45. The van der Waals surface area contributed by atoms with Gasteiger partial charge in [-0.05, 0) is 55.6 Å². The summed E-state index contributed by atoms with van der Waals surface area (Å²) in [5.41, 5.74) is -3.70. The van der Waals surface area contributed by atoms with Gasteiger partial charge in [-0.25, -0.2) is 4.98 Å². The Labute approximate surface area is 231 Å². The van der Waals surface area contributed by atoms with E-state index in [4.69, 9.17) is 11.6 Å². The number of aliphatic hydroxyl groups is 1. The number of rotatable bonds is 8. The van der Waals surface area contributed by atoms with Gasteiger partial charge in [0.2, 0.25) is 0 Å². The van der Waals surface area contributed by atoms with Crippen LogP contribution in [0.5, 0.6) is 0 Å². The number of benzene rings is 1. The van der Waals surface area contributed by atoms with Gasteiger partial charge in [-0.2, -0.15) is 13.2 Å². The minimum absolute atomic E-state index is 0.118. The number of alkyl halides is 3. The molecule has 1 unspecified atom stereocenters. The van der Waals surface area contributed by atoms with Gasteiger partial charge in [0.15, 0.2) is 0 Å². The van der Waals surface area contributed by atoms with Crippen LogP contribution in [0.25, 0.3) is 0 Å². The van der Waals surface area contributed by atoms with Gasteiger partial charge in [-0.1, -0.05) is 41.9 Å². The molecule has 1 aliphatic carbocycles. The van der Waals surface area contributed by atoms with Gasteiger partial charge < -0.3 is 19.8 Å². The van der Waals surface area contributed by atoms with Crippen LogP contribution in [0.15, 0.2) is 42.5 Å². The van der Waals surface area contributed by atoms with E-state index in [1.165, 1.54) is 30.1 Å². The molecule has 2 aromatic rings. The first kappa shape index (κ1) is 29.1. The summed E-state index contributed by atoms with van der Waals surface area (Å²) < 4.78 is 41.6. The fraction of sp³-hybridized carbons (Fsp3) is 0.536. The van der Waals surface area contributed by atoms with Crippen LogP contribution in [-0.4, -0.2) is 78.7 Å². The molecule has 2 heterocycles. The number of hydrogen-bond donors (Lipinski definition) is 1. The first-order chi connectivity index (χ1) is 18.3. The Morgan fingerprint density at radius 3 is 2.26 bits per heavy atom. The number of piperidine rings is 1. The van der Waals surface area contributed by atoms with Crippen LogP contribution in [0.3, 0.4) is 0 Å². The van der Waals surface area contributed by atoms with E-state index in [1.54, 1.807) is 20.2 Å². The number of carbonyl (C=O) groups excluding carboxylic acids is 2. The molecular formula is C28H34ClF3N4O3. The second-order valence-electron chi connectivity index (χ2n) is 10.9. The predicted molar refractivity (Wildman–Crippen MR) is 142 cm³/mol. The third kappa shape index (κ3) is 6.17. The number of anilines is 1. The van der Waals surface area contributed by atoms with E-state index in [0.717, 1.165) is 61.6 Å². The molecule has 11 heteroatoms. The van der Waals surface area contributed by atoms with E-state index in [-0.39, 0.29) is 23.5 Å². The van der Waals surface area contributed by atoms with Crippen molar-refractivity contribution in [1.29, 1.82) is 0 Å². The van der Waals surface area contributed by atoms with Crippen LogP contribution in [0.1, 0.15) is 41.6 Å². The summed E-state index contributed by atoms with van der Waals surface area (Å²) in [6.07, 6.45) is -1.45. The minimum Gasteiger partial charge on any atom is -0.369 e. The maximum atomic E-state index is 13.9. The van der Waals surface area contributed by atoms with Gasteiger partial charge in [0.05, 0.1) is 5.56 Å². The lowest BCUT2D eigenvalue weighted by Crippen LogP contribution is -2.55. The molecule has 39 heavy (non-hydrogen) atoms.